The van der Waals surface area contributed by atoms with E-state index < -0.39 is 41.4 Å². The van der Waals surface area contributed by atoms with Gasteiger partial charge in [-0.25, -0.2) is 0 Å². The van der Waals surface area contributed by atoms with Gasteiger partial charge in [0.1, 0.15) is 5.60 Å². The van der Waals surface area contributed by atoms with E-state index in [-0.39, 0.29) is 24.5 Å². The predicted octanol–water partition coefficient (Wildman–Crippen LogP) is 7.16. The van der Waals surface area contributed by atoms with Crippen LogP contribution in [0.4, 0.5) is 22.0 Å². The summed E-state index contributed by atoms with van der Waals surface area (Å²) in [7, 11) is 0. The number of aliphatic hydroxyl groups is 1. The van der Waals surface area contributed by atoms with Gasteiger partial charge < -0.3 is 5.11 Å². The van der Waals surface area contributed by atoms with Crippen LogP contribution in [-0.2, 0) is 4.79 Å². The zero-order valence-corrected chi connectivity index (χ0v) is 19.6. The molecule has 35 heavy (non-hydrogen) atoms. The van der Waals surface area contributed by atoms with E-state index in [0.29, 0.717) is 25.7 Å². The number of carbonyl (C=O) groups excluding carboxylic acids is 1. The third-order valence-electron chi connectivity index (χ3n) is 9.31. The molecule has 4 aliphatic rings. The summed E-state index contributed by atoms with van der Waals surface area (Å²) >= 11 is 0. The van der Waals surface area contributed by atoms with Crippen LogP contribution < -0.4 is 0 Å². The molecular formula is C28H29F5O2. The van der Waals surface area contributed by atoms with E-state index in [9.17, 15) is 31.9 Å². The number of rotatable bonds is 3. The lowest BCUT2D eigenvalue weighted by Gasteiger charge is -2.56. The van der Waals surface area contributed by atoms with Crippen LogP contribution in [0.5, 0.6) is 0 Å². The molecule has 0 aliphatic heterocycles. The maximum atomic E-state index is 15.0. The first-order chi connectivity index (χ1) is 16.3. The summed E-state index contributed by atoms with van der Waals surface area (Å²) in [6.45, 7) is 5.24. The van der Waals surface area contributed by atoms with E-state index in [1.165, 1.54) is 6.92 Å². The number of hydrogen-bond acceptors (Lipinski definition) is 2. The maximum absolute atomic E-state index is 15.0. The lowest BCUT2D eigenvalue weighted by atomic mass is 9.50. The van der Waals surface area contributed by atoms with Gasteiger partial charge in [0.25, 0.3) is 0 Å². The minimum absolute atomic E-state index is 0.0169. The number of fused-ring (bicyclic) bond motifs is 4. The summed E-state index contributed by atoms with van der Waals surface area (Å²) in [5.41, 5.74) is -0.0853. The second-order valence-electron chi connectivity index (χ2n) is 10.8. The third-order valence-corrected chi connectivity index (χ3v) is 9.31. The second-order valence-corrected chi connectivity index (χ2v) is 10.8. The van der Waals surface area contributed by atoms with Crippen molar-refractivity contribution in [2.75, 3.05) is 0 Å². The molecule has 4 unspecified atom stereocenters. The van der Waals surface area contributed by atoms with Crippen molar-refractivity contribution < 1.29 is 31.9 Å². The molecule has 0 spiro atoms. The predicted molar refractivity (Wildman–Crippen MR) is 123 cm³/mol. The number of hydrogen-bond donors (Lipinski definition) is 1. The fraction of sp³-hybridized carbons (Fsp3) is 0.536. The van der Waals surface area contributed by atoms with Crippen molar-refractivity contribution in [2.24, 2.45) is 17.3 Å². The van der Waals surface area contributed by atoms with Gasteiger partial charge in [0.15, 0.2) is 5.78 Å². The van der Waals surface area contributed by atoms with Gasteiger partial charge in [0.05, 0.1) is 0 Å². The SMILES string of the molecule is C=Cc1cccc([C@H]2CC3(C)C(CCC3(O)C(F)(F)C(F)(F)F)C3CCC4=CC(=O)CCC4=C32)c1. The smallest absolute Gasteiger partial charge is 0.383 e. The van der Waals surface area contributed by atoms with Crippen LogP contribution in [-0.4, -0.2) is 28.6 Å². The minimum Gasteiger partial charge on any atom is -0.383 e. The molecule has 5 rings (SSSR count). The topological polar surface area (TPSA) is 37.3 Å². The average molecular weight is 493 g/mol. The highest BCUT2D eigenvalue weighted by Crippen LogP contribution is 2.70. The van der Waals surface area contributed by atoms with E-state index >= 15 is 0 Å². The maximum Gasteiger partial charge on any atom is 0.456 e. The number of carbonyl (C=O) groups is 1. The van der Waals surface area contributed by atoms with Crippen molar-refractivity contribution in [1.29, 1.82) is 0 Å². The van der Waals surface area contributed by atoms with Gasteiger partial charge in [-0.1, -0.05) is 49.4 Å². The molecule has 1 aromatic rings. The van der Waals surface area contributed by atoms with Crippen molar-refractivity contribution >= 4 is 11.9 Å². The van der Waals surface area contributed by atoms with Gasteiger partial charge in [-0.15, -0.1) is 0 Å². The molecule has 2 nitrogen and oxygen atoms in total. The van der Waals surface area contributed by atoms with Crippen LogP contribution in [0.25, 0.3) is 6.08 Å². The normalized spacial score (nSPS) is 35.2. The first-order valence-corrected chi connectivity index (χ1v) is 12.2. The summed E-state index contributed by atoms with van der Waals surface area (Å²) in [4.78, 5) is 12.1. The zero-order chi connectivity index (χ0) is 25.4. The van der Waals surface area contributed by atoms with Crippen molar-refractivity contribution in [3.8, 4) is 0 Å². The Morgan fingerprint density at radius 2 is 1.86 bits per heavy atom. The molecule has 4 aliphatic carbocycles. The molecule has 188 valence electrons. The molecule has 2 fully saturated rings. The molecule has 5 atom stereocenters. The van der Waals surface area contributed by atoms with E-state index in [0.717, 1.165) is 27.8 Å². The Morgan fingerprint density at radius 3 is 2.54 bits per heavy atom. The molecule has 1 N–H and O–H groups in total. The molecule has 1 aromatic carbocycles. The Morgan fingerprint density at radius 1 is 1.11 bits per heavy atom. The highest BCUT2D eigenvalue weighted by Gasteiger charge is 2.79. The van der Waals surface area contributed by atoms with Crippen molar-refractivity contribution in [3.05, 3.63) is 64.8 Å². The monoisotopic (exact) mass is 492 g/mol. The Balaban J connectivity index is 1.71. The summed E-state index contributed by atoms with van der Waals surface area (Å²) in [5, 5.41) is 11.3. The Labute approximate surface area is 201 Å². The molecule has 7 heteroatoms. The zero-order valence-electron chi connectivity index (χ0n) is 19.6. The molecule has 0 aromatic heterocycles. The molecular weight excluding hydrogens is 463 g/mol. The fourth-order valence-corrected chi connectivity index (χ4v) is 7.62. The first-order valence-electron chi connectivity index (χ1n) is 12.2. The van der Waals surface area contributed by atoms with Crippen LogP contribution in [0.1, 0.15) is 68.9 Å². The van der Waals surface area contributed by atoms with Crippen LogP contribution in [0.2, 0.25) is 0 Å². The molecule has 0 heterocycles. The average Bonchev–Trinajstić information content (AvgIpc) is 3.09. The molecule has 0 radical (unpaired) electrons. The number of allylic oxidation sites excluding steroid dienone is 4. The van der Waals surface area contributed by atoms with E-state index in [1.54, 1.807) is 12.2 Å². The van der Waals surface area contributed by atoms with Crippen molar-refractivity contribution in [2.45, 2.75) is 75.5 Å². The second kappa shape index (κ2) is 7.86. The third kappa shape index (κ3) is 3.33. The quantitative estimate of drug-likeness (QED) is 0.455. The van der Waals surface area contributed by atoms with Gasteiger partial charge >= 0.3 is 12.1 Å². The number of alkyl halides is 5. The summed E-state index contributed by atoms with van der Waals surface area (Å²) in [5.74, 6) is -6.31. The Hall–Kier alpha value is -2.28. The minimum atomic E-state index is -5.84. The summed E-state index contributed by atoms with van der Waals surface area (Å²) in [6, 6.07) is 7.45. The van der Waals surface area contributed by atoms with Gasteiger partial charge in [-0.2, -0.15) is 22.0 Å². The lowest BCUT2D eigenvalue weighted by molar-refractivity contribution is -0.362. The van der Waals surface area contributed by atoms with Crippen molar-refractivity contribution in [3.63, 3.8) is 0 Å². The first kappa shape index (κ1) is 24.4. The van der Waals surface area contributed by atoms with E-state index in [1.807, 2.05) is 24.3 Å². The van der Waals surface area contributed by atoms with E-state index in [4.69, 9.17) is 0 Å². The van der Waals surface area contributed by atoms with Gasteiger partial charge in [0.2, 0.25) is 0 Å². The largest absolute Gasteiger partial charge is 0.456 e. The van der Waals surface area contributed by atoms with Crippen LogP contribution >= 0.6 is 0 Å². The molecule has 0 amide bonds. The summed E-state index contributed by atoms with van der Waals surface area (Å²) in [6.07, 6.45) is -0.916. The Kier molecular flexibility index (Phi) is 5.48. The van der Waals surface area contributed by atoms with Crippen LogP contribution in [0.3, 0.4) is 0 Å². The molecule has 0 bridgehead atoms. The summed E-state index contributed by atoms with van der Waals surface area (Å²) < 4.78 is 70.7. The van der Waals surface area contributed by atoms with Gasteiger partial charge in [-0.3, -0.25) is 4.79 Å². The molecule has 2 saturated carbocycles. The van der Waals surface area contributed by atoms with Crippen LogP contribution in [0.15, 0.2) is 53.6 Å². The Bertz CT molecular complexity index is 1150. The standard InChI is InChI=1S/C28H29F5O2/c1-3-16-5-4-6-17(13-16)22-15-25(2)23(11-12-26(25,35)27(29,30)28(31,32)33)21-9-7-18-14-19(34)8-10-20(18)24(21)22/h3-6,13-14,21-23,35H,1,7-12,15H2,2H3/t21?,22-,23?,25?,26?/m1/s1. The number of halogens is 5. The highest BCUT2D eigenvalue weighted by molar-refractivity contribution is 5.93. The fourth-order valence-electron chi connectivity index (χ4n) is 7.62. The number of ketones is 1. The van der Waals surface area contributed by atoms with Gasteiger partial charge in [-0.05, 0) is 78.7 Å². The highest BCUT2D eigenvalue weighted by atomic mass is 19.4. The molecule has 0 saturated heterocycles. The number of benzene rings is 1. The van der Waals surface area contributed by atoms with E-state index in [2.05, 4.69) is 6.58 Å². The lowest BCUT2D eigenvalue weighted by Crippen LogP contribution is -2.65. The van der Waals surface area contributed by atoms with Gasteiger partial charge in [0, 0.05) is 17.8 Å². The van der Waals surface area contributed by atoms with Crippen molar-refractivity contribution in [1.82, 2.24) is 0 Å². The van der Waals surface area contributed by atoms with Crippen LogP contribution in [0, 0.1) is 17.3 Å².